The molecule has 0 fully saturated rings. The van der Waals surface area contributed by atoms with E-state index in [2.05, 4.69) is 27.8 Å². The lowest BCUT2D eigenvalue weighted by Crippen LogP contribution is -2.21. The van der Waals surface area contributed by atoms with E-state index in [1.54, 1.807) is 17.5 Å². The Morgan fingerprint density at radius 2 is 2.00 bits per heavy atom. The maximum absolute atomic E-state index is 6.17. The van der Waals surface area contributed by atoms with Crippen molar-refractivity contribution in [3.05, 3.63) is 69.9 Å². The van der Waals surface area contributed by atoms with Crippen molar-refractivity contribution in [3.8, 4) is 0 Å². The smallest absolute Gasteiger partial charge is 0.0946 e. The molecule has 2 heterocycles. The number of thiophene rings is 1. The van der Waals surface area contributed by atoms with E-state index in [-0.39, 0.29) is 6.10 Å². The first-order chi connectivity index (χ1) is 12.2. The van der Waals surface area contributed by atoms with Crippen LogP contribution >= 0.6 is 22.9 Å². The number of nitrogen functional groups attached to an aromatic ring is 1. The first-order valence-corrected chi connectivity index (χ1v) is 9.54. The molecule has 1 unspecified atom stereocenters. The largest absolute Gasteiger partial charge is 0.399 e. The van der Waals surface area contributed by atoms with E-state index in [1.807, 2.05) is 30.7 Å². The third-order valence-electron chi connectivity index (χ3n) is 4.04. The first kappa shape index (κ1) is 18.0. The fourth-order valence-corrected chi connectivity index (χ4v) is 3.78. The molecular weight excluding hydrogens is 354 g/mol. The molecule has 0 saturated carbocycles. The lowest BCUT2D eigenvalue weighted by atomic mass is 10.1. The van der Waals surface area contributed by atoms with Crippen LogP contribution in [-0.4, -0.2) is 22.3 Å². The van der Waals surface area contributed by atoms with Gasteiger partial charge in [-0.3, -0.25) is 0 Å². The maximum Gasteiger partial charge on any atom is 0.0946 e. The number of anilines is 1. The molecule has 132 valence electrons. The number of hydrogen-bond donors (Lipinski definition) is 1. The number of hydrogen-bond acceptors (Lipinski definition) is 4. The predicted molar refractivity (Wildman–Crippen MR) is 104 cm³/mol. The van der Waals surface area contributed by atoms with Gasteiger partial charge in [0.1, 0.15) is 0 Å². The number of halogens is 1. The molecule has 0 saturated heterocycles. The molecule has 4 nitrogen and oxygen atoms in total. The second kappa shape index (κ2) is 9.04. The zero-order valence-corrected chi connectivity index (χ0v) is 15.5. The second-order valence-corrected chi connectivity index (χ2v) is 7.79. The lowest BCUT2D eigenvalue weighted by Gasteiger charge is -2.18. The highest BCUT2D eigenvalue weighted by atomic mass is 35.5. The van der Waals surface area contributed by atoms with Crippen molar-refractivity contribution in [2.24, 2.45) is 0 Å². The Hall–Kier alpha value is -1.82. The second-order valence-electron chi connectivity index (χ2n) is 5.99. The molecule has 1 atom stereocenters. The fourth-order valence-electron chi connectivity index (χ4n) is 2.67. The molecule has 2 N–H and O–H groups in total. The topological polar surface area (TPSA) is 53.1 Å². The van der Waals surface area contributed by atoms with Gasteiger partial charge in [0.2, 0.25) is 0 Å². The highest BCUT2D eigenvalue weighted by Crippen LogP contribution is 2.23. The summed E-state index contributed by atoms with van der Waals surface area (Å²) < 4.78 is 9.07. The van der Waals surface area contributed by atoms with Crippen molar-refractivity contribution in [3.63, 3.8) is 0 Å². The molecule has 1 aromatic carbocycles. The predicted octanol–water partition coefficient (Wildman–Crippen LogP) is 4.44. The van der Waals surface area contributed by atoms with Crippen LogP contribution in [0.2, 0.25) is 4.34 Å². The number of ether oxygens (including phenoxy) is 1. The minimum atomic E-state index is 0.142. The Morgan fingerprint density at radius 1 is 1.16 bits per heavy atom. The van der Waals surface area contributed by atoms with E-state index < -0.39 is 0 Å². The Bertz CT molecular complexity index is 755. The van der Waals surface area contributed by atoms with Gasteiger partial charge >= 0.3 is 0 Å². The van der Waals surface area contributed by atoms with Crippen LogP contribution < -0.4 is 5.73 Å². The number of rotatable bonds is 9. The van der Waals surface area contributed by atoms with Crippen LogP contribution in [0.1, 0.15) is 16.9 Å². The Kier molecular flexibility index (Phi) is 6.50. The van der Waals surface area contributed by atoms with Crippen molar-refractivity contribution in [1.82, 2.24) is 9.55 Å². The number of aryl methyl sites for hydroxylation is 1. The summed E-state index contributed by atoms with van der Waals surface area (Å²) in [6.45, 7) is 1.50. The number of nitrogens with two attached hydrogens (primary N) is 1. The highest BCUT2D eigenvalue weighted by molar-refractivity contribution is 7.16. The van der Waals surface area contributed by atoms with E-state index in [0.29, 0.717) is 6.61 Å². The van der Waals surface area contributed by atoms with Crippen LogP contribution in [0.25, 0.3) is 0 Å². The molecule has 2 aromatic heterocycles. The molecule has 0 bridgehead atoms. The van der Waals surface area contributed by atoms with Gasteiger partial charge < -0.3 is 15.0 Å². The van der Waals surface area contributed by atoms with Gasteiger partial charge in [0, 0.05) is 29.5 Å². The molecule has 25 heavy (non-hydrogen) atoms. The third kappa shape index (κ3) is 5.88. The molecule has 3 rings (SSSR count). The lowest BCUT2D eigenvalue weighted by molar-refractivity contribution is 0.0380. The van der Waals surface area contributed by atoms with Crippen LogP contribution in [0, 0.1) is 0 Å². The van der Waals surface area contributed by atoms with Gasteiger partial charge in [-0.1, -0.05) is 23.7 Å². The number of imidazole rings is 1. The normalized spacial score (nSPS) is 12.4. The molecule has 0 aliphatic rings. The maximum atomic E-state index is 6.17. The summed E-state index contributed by atoms with van der Waals surface area (Å²) in [5.41, 5.74) is 7.75. The SMILES string of the molecule is Nc1ccc(CCOC(CCc2ccc(Cl)s2)Cn2ccnc2)cc1. The summed E-state index contributed by atoms with van der Waals surface area (Å²) in [6, 6.07) is 12.0. The van der Waals surface area contributed by atoms with Crippen molar-refractivity contribution in [1.29, 1.82) is 0 Å². The van der Waals surface area contributed by atoms with Crippen molar-refractivity contribution in [2.75, 3.05) is 12.3 Å². The van der Waals surface area contributed by atoms with Crippen LogP contribution in [0.3, 0.4) is 0 Å². The number of nitrogens with zero attached hydrogens (tertiary/aromatic N) is 2. The molecule has 3 aromatic rings. The van der Waals surface area contributed by atoms with Crippen molar-refractivity contribution < 1.29 is 4.74 Å². The average molecular weight is 376 g/mol. The molecular formula is C19H22ClN3OS. The molecule has 0 amide bonds. The van der Waals surface area contributed by atoms with Gasteiger partial charge in [0.15, 0.2) is 0 Å². The zero-order valence-electron chi connectivity index (χ0n) is 14.0. The van der Waals surface area contributed by atoms with Crippen molar-refractivity contribution in [2.45, 2.75) is 31.9 Å². The quantitative estimate of drug-likeness (QED) is 0.562. The van der Waals surface area contributed by atoms with E-state index in [1.165, 1.54) is 10.4 Å². The Balaban J connectivity index is 1.52. The van der Waals surface area contributed by atoms with E-state index in [4.69, 9.17) is 22.1 Å². The third-order valence-corrected chi connectivity index (χ3v) is 5.33. The van der Waals surface area contributed by atoms with E-state index >= 15 is 0 Å². The molecule has 0 aliphatic carbocycles. The first-order valence-electron chi connectivity index (χ1n) is 8.35. The van der Waals surface area contributed by atoms with E-state index in [9.17, 15) is 0 Å². The molecule has 0 radical (unpaired) electrons. The number of benzene rings is 1. The molecule has 0 spiro atoms. The summed E-state index contributed by atoms with van der Waals surface area (Å²) in [5.74, 6) is 0. The summed E-state index contributed by atoms with van der Waals surface area (Å²) in [5, 5.41) is 0. The van der Waals surface area contributed by atoms with Gasteiger partial charge in [0.05, 0.1) is 23.4 Å². The standard InChI is InChI=1S/C19H22ClN3OS/c20-19-8-7-18(25-19)6-5-17(13-23-11-10-22-14-23)24-12-9-15-1-3-16(21)4-2-15/h1-4,7-8,10-11,14,17H,5-6,9,12-13,21H2. The van der Waals surface area contributed by atoms with Crippen LogP contribution in [0.5, 0.6) is 0 Å². The molecule has 6 heteroatoms. The monoisotopic (exact) mass is 375 g/mol. The summed E-state index contributed by atoms with van der Waals surface area (Å²) in [6.07, 6.45) is 8.55. The summed E-state index contributed by atoms with van der Waals surface area (Å²) >= 11 is 7.66. The molecule has 0 aliphatic heterocycles. The van der Waals surface area contributed by atoms with Crippen LogP contribution in [0.15, 0.2) is 55.1 Å². The van der Waals surface area contributed by atoms with Gasteiger partial charge in [-0.15, -0.1) is 11.3 Å². The van der Waals surface area contributed by atoms with Gasteiger partial charge in [-0.2, -0.15) is 0 Å². The van der Waals surface area contributed by atoms with Crippen LogP contribution in [-0.2, 0) is 24.1 Å². The van der Waals surface area contributed by atoms with Gasteiger partial charge in [-0.25, -0.2) is 4.98 Å². The fraction of sp³-hybridized carbons (Fsp3) is 0.316. The van der Waals surface area contributed by atoms with E-state index in [0.717, 1.165) is 35.8 Å². The number of aromatic nitrogens is 2. The Morgan fingerprint density at radius 3 is 2.68 bits per heavy atom. The van der Waals surface area contributed by atoms with Gasteiger partial charge in [-0.05, 0) is 49.1 Å². The summed E-state index contributed by atoms with van der Waals surface area (Å²) in [7, 11) is 0. The minimum Gasteiger partial charge on any atom is -0.399 e. The summed E-state index contributed by atoms with van der Waals surface area (Å²) in [4.78, 5) is 5.41. The van der Waals surface area contributed by atoms with Crippen LogP contribution in [0.4, 0.5) is 5.69 Å². The van der Waals surface area contributed by atoms with Gasteiger partial charge in [0.25, 0.3) is 0 Å². The van der Waals surface area contributed by atoms with Crippen molar-refractivity contribution >= 4 is 28.6 Å². The zero-order chi connectivity index (χ0) is 17.5. The highest BCUT2D eigenvalue weighted by Gasteiger charge is 2.11. The average Bonchev–Trinajstić information content (AvgIpc) is 3.26. The minimum absolute atomic E-state index is 0.142. The Labute approximate surface area is 157 Å².